The van der Waals surface area contributed by atoms with Crippen LogP contribution < -0.4 is 11.5 Å². The summed E-state index contributed by atoms with van der Waals surface area (Å²) >= 11 is -2.51. The van der Waals surface area contributed by atoms with Crippen LogP contribution in [-0.4, -0.2) is 21.5 Å². The average Bonchev–Trinajstić information content (AvgIpc) is 1.82. The third kappa shape index (κ3) is 6.12. The first kappa shape index (κ1) is 9.99. The van der Waals surface area contributed by atoms with Gasteiger partial charge in [0.05, 0.1) is 11.4 Å². The molecule has 62 valence electrons. The Kier molecular flexibility index (Phi) is 5.74. The predicted molar refractivity (Wildman–Crippen MR) is 36.3 cm³/mol. The molecule has 0 bridgehead atoms. The van der Waals surface area contributed by atoms with Crippen LogP contribution in [0.15, 0.2) is 0 Å². The molecule has 6 heteroatoms. The maximum atomic E-state index is 9.84. The zero-order valence-corrected chi connectivity index (χ0v) is 6.30. The van der Waals surface area contributed by atoms with Gasteiger partial charge in [-0.1, -0.05) is 0 Å². The van der Waals surface area contributed by atoms with Crippen molar-refractivity contribution in [2.75, 3.05) is 6.54 Å². The minimum atomic E-state index is -2.51. The van der Waals surface area contributed by atoms with Gasteiger partial charge in [0.2, 0.25) is 0 Å². The lowest BCUT2D eigenvalue weighted by Gasteiger charge is -2.12. The molecular weight excluding hydrogens is 156 g/mol. The Morgan fingerprint density at radius 1 is 1.70 bits per heavy atom. The molecule has 10 heavy (non-hydrogen) atoms. The molecule has 4 N–H and O–H groups in total. The third-order valence-corrected chi connectivity index (χ3v) is 1.30. The summed E-state index contributed by atoms with van der Waals surface area (Å²) in [5.74, 6) is 0. The minimum Gasteiger partial charge on any atom is -0.750 e. The number of nitrogens with two attached hydrogens (primary N) is 2. The van der Waals surface area contributed by atoms with Gasteiger partial charge in [0.25, 0.3) is 0 Å². The first-order valence-corrected chi connectivity index (χ1v) is 3.89. The second-order valence-electron chi connectivity index (χ2n) is 1.77. The molecule has 0 aliphatic carbocycles. The van der Waals surface area contributed by atoms with Crippen LogP contribution in [0.5, 0.6) is 0 Å². The summed E-state index contributed by atoms with van der Waals surface area (Å²) in [4.78, 5) is 0. The van der Waals surface area contributed by atoms with Gasteiger partial charge in [0.15, 0.2) is 0 Å². The van der Waals surface area contributed by atoms with Gasteiger partial charge in [-0.3, -0.25) is 4.18 Å². The third-order valence-electron chi connectivity index (χ3n) is 0.895. The van der Waals surface area contributed by atoms with E-state index in [-0.39, 0.29) is 0 Å². The molecule has 5 nitrogen and oxygen atoms in total. The smallest absolute Gasteiger partial charge is 0.121 e. The Hall–Kier alpha value is -0.0100. The fraction of sp³-hybridized carbons (Fsp3) is 1.00. The normalized spacial score (nSPS) is 16.7. The molecule has 2 atom stereocenters. The van der Waals surface area contributed by atoms with Crippen molar-refractivity contribution < 1.29 is 12.9 Å². The lowest BCUT2D eigenvalue weighted by Crippen LogP contribution is -2.25. The SMILES string of the molecule is NCCCC(N)OS(=O)[O-]. The highest BCUT2D eigenvalue weighted by Crippen LogP contribution is 1.95. The number of hydrogen-bond acceptors (Lipinski definition) is 5. The van der Waals surface area contributed by atoms with Crippen LogP contribution >= 0.6 is 0 Å². The minimum absolute atomic E-state index is 0.463. The number of hydrogen-bond donors (Lipinski definition) is 2. The summed E-state index contributed by atoms with van der Waals surface area (Å²) in [7, 11) is 0. The van der Waals surface area contributed by atoms with Crippen molar-refractivity contribution in [1.29, 1.82) is 0 Å². The summed E-state index contributed by atoms with van der Waals surface area (Å²) in [5.41, 5.74) is 10.3. The van der Waals surface area contributed by atoms with E-state index in [1.54, 1.807) is 0 Å². The monoisotopic (exact) mass is 167 g/mol. The maximum Gasteiger partial charge on any atom is 0.121 e. The summed E-state index contributed by atoms with van der Waals surface area (Å²) < 4.78 is 23.9. The highest BCUT2D eigenvalue weighted by Gasteiger charge is 2.00. The van der Waals surface area contributed by atoms with Gasteiger partial charge in [-0.15, -0.1) is 0 Å². The van der Waals surface area contributed by atoms with E-state index in [9.17, 15) is 8.76 Å². The number of rotatable bonds is 5. The van der Waals surface area contributed by atoms with E-state index < -0.39 is 17.6 Å². The van der Waals surface area contributed by atoms with E-state index >= 15 is 0 Å². The van der Waals surface area contributed by atoms with Gasteiger partial charge in [0.1, 0.15) is 6.23 Å². The Bertz CT molecular complexity index is 111. The van der Waals surface area contributed by atoms with Crippen LogP contribution in [0.25, 0.3) is 0 Å². The van der Waals surface area contributed by atoms with Gasteiger partial charge in [0, 0.05) is 0 Å². The van der Waals surface area contributed by atoms with Crippen molar-refractivity contribution >= 4 is 11.4 Å². The van der Waals surface area contributed by atoms with Crippen molar-refractivity contribution in [3.8, 4) is 0 Å². The van der Waals surface area contributed by atoms with Gasteiger partial charge in [-0.25, -0.2) is 4.21 Å². The van der Waals surface area contributed by atoms with Crippen molar-refractivity contribution in [3.05, 3.63) is 0 Å². The molecule has 0 amide bonds. The molecule has 2 unspecified atom stereocenters. The molecule has 0 aromatic rings. The van der Waals surface area contributed by atoms with E-state index in [1.165, 1.54) is 0 Å². The maximum absolute atomic E-state index is 9.84. The van der Waals surface area contributed by atoms with Gasteiger partial charge < -0.3 is 16.0 Å². The van der Waals surface area contributed by atoms with Crippen LogP contribution in [0.1, 0.15) is 12.8 Å². The summed E-state index contributed by atoms with van der Waals surface area (Å²) in [5, 5.41) is 0. The fourth-order valence-corrected chi connectivity index (χ4v) is 0.766. The zero-order chi connectivity index (χ0) is 7.98. The van der Waals surface area contributed by atoms with Crippen molar-refractivity contribution in [2.45, 2.75) is 19.1 Å². The molecule has 0 aliphatic heterocycles. The van der Waals surface area contributed by atoms with Gasteiger partial charge >= 0.3 is 0 Å². The van der Waals surface area contributed by atoms with Crippen molar-refractivity contribution in [1.82, 2.24) is 0 Å². The molecule has 0 aromatic carbocycles. The molecule has 0 spiro atoms. The Labute approximate surface area is 62.2 Å². The molecule has 0 saturated heterocycles. The topological polar surface area (TPSA) is 101 Å². The second-order valence-corrected chi connectivity index (χ2v) is 2.37. The zero-order valence-electron chi connectivity index (χ0n) is 5.49. The average molecular weight is 167 g/mol. The lowest BCUT2D eigenvalue weighted by molar-refractivity contribution is 0.196. The Morgan fingerprint density at radius 3 is 2.70 bits per heavy atom. The van der Waals surface area contributed by atoms with E-state index in [0.29, 0.717) is 19.4 Å². The Balaban J connectivity index is 3.25. The molecule has 0 saturated carbocycles. The summed E-state index contributed by atoms with van der Waals surface area (Å²) in [6.07, 6.45) is 0.380. The van der Waals surface area contributed by atoms with Crippen LogP contribution in [0.4, 0.5) is 0 Å². The molecule has 0 aromatic heterocycles. The van der Waals surface area contributed by atoms with Crippen LogP contribution in [0.3, 0.4) is 0 Å². The molecule has 0 heterocycles. The predicted octanol–water partition coefficient (Wildman–Crippen LogP) is -1.18. The lowest BCUT2D eigenvalue weighted by atomic mass is 10.3. The molecule has 0 fully saturated rings. The largest absolute Gasteiger partial charge is 0.750 e. The first-order valence-electron chi connectivity index (χ1n) is 2.89. The van der Waals surface area contributed by atoms with E-state index in [2.05, 4.69) is 4.18 Å². The fourth-order valence-electron chi connectivity index (χ4n) is 0.468. The summed E-state index contributed by atoms with van der Waals surface area (Å²) in [6.45, 7) is 0.489. The highest BCUT2D eigenvalue weighted by molar-refractivity contribution is 7.74. The quantitative estimate of drug-likeness (QED) is 0.396. The standard InChI is InChI=1S/C4H12N2O3S/c5-3-1-2-4(6)9-10(7)8/h4H,1-3,5-6H2,(H,7,8)/p-1. The van der Waals surface area contributed by atoms with Gasteiger partial charge in [-0.2, -0.15) is 0 Å². The van der Waals surface area contributed by atoms with Gasteiger partial charge in [-0.05, 0) is 19.4 Å². The molecule has 0 rings (SSSR count). The highest BCUT2D eigenvalue weighted by atomic mass is 32.2. The van der Waals surface area contributed by atoms with E-state index in [1.807, 2.05) is 0 Å². The first-order chi connectivity index (χ1) is 4.66. The summed E-state index contributed by atoms with van der Waals surface area (Å²) in [6, 6.07) is 0. The Morgan fingerprint density at radius 2 is 2.30 bits per heavy atom. The van der Waals surface area contributed by atoms with E-state index in [4.69, 9.17) is 11.5 Å². The van der Waals surface area contributed by atoms with Crippen LogP contribution in [-0.2, 0) is 15.5 Å². The van der Waals surface area contributed by atoms with Crippen molar-refractivity contribution in [2.24, 2.45) is 11.5 Å². The van der Waals surface area contributed by atoms with Crippen LogP contribution in [0, 0.1) is 0 Å². The van der Waals surface area contributed by atoms with Crippen LogP contribution in [0.2, 0.25) is 0 Å². The second kappa shape index (κ2) is 5.75. The molecule has 0 aliphatic rings. The van der Waals surface area contributed by atoms with E-state index in [0.717, 1.165) is 0 Å². The molecular formula is C4H11N2O3S-. The molecule has 0 radical (unpaired) electrons. The van der Waals surface area contributed by atoms with Crippen molar-refractivity contribution in [3.63, 3.8) is 0 Å².